The van der Waals surface area contributed by atoms with Crippen molar-refractivity contribution in [3.05, 3.63) is 11.2 Å². The quantitative estimate of drug-likeness (QED) is 0.824. The summed E-state index contributed by atoms with van der Waals surface area (Å²) in [5.74, 6) is 0.751. The summed E-state index contributed by atoms with van der Waals surface area (Å²) < 4.78 is 10.5. The number of carbonyl (C=O) groups is 1. The van der Waals surface area contributed by atoms with Crippen LogP contribution in [0.5, 0.6) is 6.01 Å². The minimum Gasteiger partial charge on any atom is -0.467 e. The molecular formula is C14H19ClN4O3. The summed E-state index contributed by atoms with van der Waals surface area (Å²) in [6, 6.07) is 0.289. The van der Waals surface area contributed by atoms with E-state index in [9.17, 15) is 4.79 Å². The third kappa shape index (κ3) is 3.10. The highest BCUT2D eigenvalue weighted by molar-refractivity contribution is 6.32. The molecule has 0 N–H and O–H groups in total. The van der Waals surface area contributed by atoms with Crippen LogP contribution in [0.15, 0.2) is 6.20 Å². The van der Waals surface area contributed by atoms with Gasteiger partial charge in [0.25, 0.3) is 5.91 Å². The van der Waals surface area contributed by atoms with E-state index < -0.39 is 0 Å². The van der Waals surface area contributed by atoms with Crippen LogP contribution in [0.3, 0.4) is 0 Å². The van der Waals surface area contributed by atoms with Crippen molar-refractivity contribution in [1.29, 1.82) is 0 Å². The maximum absolute atomic E-state index is 12.3. The van der Waals surface area contributed by atoms with E-state index in [0.29, 0.717) is 43.6 Å². The van der Waals surface area contributed by atoms with Gasteiger partial charge in [-0.05, 0) is 12.8 Å². The molecule has 2 saturated heterocycles. The van der Waals surface area contributed by atoms with Gasteiger partial charge in [0, 0.05) is 32.8 Å². The van der Waals surface area contributed by atoms with Gasteiger partial charge in [-0.25, -0.2) is 4.98 Å². The van der Waals surface area contributed by atoms with E-state index in [0.717, 1.165) is 12.8 Å². The molecule has 1 amide bonds. The molecule has 22 heavy (non-hydrogen) atoms. The Bertz CT molecular complexity index is 543. The molecule has 0 aromatic carbocycles. The molecule has 0 radical (unpaired) electrons. The number of hydrogen-bond acceptors (Lipinski definition) is 6. The number of hydrogen-bond donors (Lipinski definition) is 0. The van der Waals surface area contributed by atoms with Crippen LogP contribution in [0.25, 0.3) is 0 Å². The molecule has 2 fully saturated rings. The molecule has 0 spiro atoms. The number of methoxy groups -OCH3 is 1. The summed E-state index contributed by atoms with van der Waals surface area (Å²) in [5.41, 5.74) is 0. The Morgan fingerprint density at radius 2 is 2.18 bits per heavy atom. The first-order chi connectivity index (χ1) is 10.7. The maximum atomic E-state index is 12.3. The van der Waals surface area contributed by atoms with E-state index in [1.165, 1.54) is 13.3 Å². The fourth-order valence-electron chi connectivity index (χ4n) is 2.78. The molecule has 8 heteroatoms. The summed E-state index contributed by atoms with van der Waals surface area (Å²) in [6.07, 6.45) is 3.07. The van der Waals surface area contributed by atoms with Gasteiger partial charge >= 0.3 is 6.01 Å². The second-order valence-electron chi connectivity index (χ2n) is 5.34. The third-order valence-electron chi connectivity index (χ3n) is 3.98. The van der Waals surface area contributed by atoms with Crippen molar-refractivity contribution < 1.29 is 14.3 Å². The van der Waals surface area contributed by atoms with E-state index in [1.54, 1.807) is 0 Å². The highest BCUT2D eigenvalue weighted by Crippen LogP contribution is 2.26. The number of carbonyl (C=O) groups excluding carboxylic acids is 1. The van der Waals surface area contributed by atoms with Crippen molar-refractivity contribution in [2.24, 2.45) is 0 Å². The highest BCUT2D eigenvalue weighted by atomic mass is 35.5. The van der Waals surface area contributed by atoms with Crippen LogP contribution in [-0.4, -0.2) is 66.8 Å². The lowest BCUT2D eigenvalue weighted by Crippen LogP contribution is -2.51. The SMILES string of the molecule is COc1ncc(Cl)c(N2CCN(C(=O)C3CCCO3)CC2)n1. The lowest BCUT2D eigenvalue weighted by Gasteiger charge is -2.36. The van der Waals surface area contributed by atoms with Crippen molar-refractivity contribution in [3.63, 3.8) is 0 Å². The van der Waals surface area contributed by atoms with Crippen LogP contribution in [0.2, 0.25) is 5.02 Å². The predicted molar refractivity (Wildman–Crippen MR) is 81.4 cm³/mol. The van der Waals surface area contributed by atoms with Crippen LogP contribution < -0.4 is 9.64 Å². The second kappa shape index (κ2) is 6.66. The van der Waals surface area contributed by atoms with Gasteiger partial charge in [0.15, 0.2) is 5.82 Å². The number of amides is 1. The van der Waals surface area contributed by atoms with Crippen LogP contribution in [-0.2, 0) is 9.53 Å². The highest BCUT2D eigenvalue weighted by Gasteiger charge is 2.31. The monoisotopic (exact) mass is 326 g/mol. The molecule has 7 nitrogen and oxygen atoms in total. The zero-order valence-corrected chi connectivity index (χ0v) is 13.3. The summed E-state index contributed by atoms with van der Waals surface area (Å²) in [4.78, 5) is 24.5. The Hall–Kier alpha value is -1.60. The van der Waals surface area contributed by atoms with Gasteiger partial charge in [0.2, 0.25) is 0 Å². The van der Waals surface area contributed by atoms with Crippen LogP contribution in [0.1, 0.15) is 12.8 Å². The Balaban J connectivity index is 1.63. The topological polar surface area (TPSA) is 67.8 Å². The molecular weight excluding hydrogens is 308 g/mol. The second-order valence-corrected chi connectivity index (χ2v) is 5.75. The van der Waals surface area contributed by atoms with E-state index in [2.05, 4.69) is 9.97 Å². The number of nitrogens with zero attached hydrogens (tertiary/aromatic N) is 4. The molecule has 3 heterocycles. The fourth-order valence-corrected chi connectivity index (χ4v) is 2.99. The molecule has 1 aromatic heterocycles. The van der Waals surface area contributed by atoms with Gasteiger partial charge in [0.1, 0.15) is 11.1 Å². The van der Waals surface area contributed by atoms with E-state index >= 15 is 0 Å². The third-order valence-corrected chi connectivity index (χ3v) is 4.25. The number of rotatable bonds is 3. The Kier molecular flexibility index (Phi) is 4.63. The Morgan fingerprint density at radius 1 is 1.41 bits per heavy atom. The molecule has 0 bridgehead atoms. The Labute approximate surface area is 134 Å². The first kappa shape index (κ1) is 15.3. The van der Waals surface area contributed by atoms with Crippen molar-refractivity contribution in [2.45, 2.75) is 18.9 Å². The molecule has 2 aliphatic heterocycles. The minimum atomic E-state index is -0.255. The zero-order chi connectivity index (χ0) is 15.5. The molecule has 0 saturated carbocycles. The number of aromatic nitrogens is 2. The summed E-state index contributed by atoms with van der Waals surface area (Å²) in [7, 11) is 1.52. The van der Waals surface area contributed by atoms with Crippen LogP contribution in [0, 0.1) is 0 Å². The molecule has 1 unspecified atom stereocenters. The molecule has 0 aliphatic carbocycles. The lowest BCUT2D eigenvalue weighted by molar-refractivity contribution is -0.141. The minimum absolute atomic E-state index is 0.100. The first-order valence-corrected chi connectivity index (χ1v) is 7.78. The summed E-state index contributed by atoms with van der Waals surface area (Å²) in [6.45, 7) is 3.33. The summed E-state index contributed by atoms with van der Waals surface area (Å²) in [5, 5.41) is 0.486. The molecule has 120 valence electrons. The van der Waals surface area contributed by atoms with Crippen molar-refractivity contribution in [2.75, 3.05) is 44.8 Å². The molecule has 3 rings (SSSR count). The van der Waals surface area contributed by atoms with Crippen molar-refractivity contribution >= 4 is 23.3 Å². The van der Waals surface area contributed by atoms with Gasteiger partial charge in [0.05, 0.1) is 13.3 Å². The normalized spacial score (nSPS) is 22.0. The number of piperazine rings is 1. The molecule has 1 atom stereocenters. The van der Waals surface area contributed by atoms with Gasteiger partial charge in [-0.15, -0.1) is 0 Å². The number of anilines is 1. The van der Waals surface area contributed by atoms with Crippen molar-refractivity contribution in [3.8, 4) is 6.01 Å². The van der Waals surface area contributed by atoms with Crippen LogP contribution in [0.4, 0.5) is 5.82 Å². The predicted octanol–water partition coefficient (Wildman–Crippen LogP) is 0.966. The molecule has 1 aromatic rings. The maximum Gasteiger partial charge on any atom is 0.318 e. The molecule has 2 aliphatic rings. The average Bonchev–Trinajstić information content (AvgIpc) is 3.09. The standard InChI is InChI=1S/C14H19ClN4O3/c1-21-14-16-9-10(15)12(17-14)18-4-6-19(7-5-18)13(20)11-3-2-8-22-11/h9,11H,2-8H2,1H3. The average molecular weight is 327 g/mol. The van der Waals surface area contributed by atoms with E-state index in [1.807, 2.05) is 9.80 Å². The van der Waals surface area contributed by atoms with Crippen molar-refractivity contribution in [1.82, 2.24) is 14.9 Å². The van der Waals surface area contributed by atoms with Gasteiger partial charge in [-0.2, -0.15) is 4.98 Å². The van der Waals surface area contributed by atoms with E-state index in [-0.39, 0.29) is 18.0 Å². The van der Waals surface area contributed by atoms with Gasteiger partial charge in [-0.3, -0.25) is 4.79 Å². The number of ether oxygens (including phenoxy) is 2. The lowest BCUT2D eigenvalue weighted by atomic mass is 10.2. The van der Waals surface area contributed by atoms with E-state index in [4.69, 9.17) is 21.1 Å². The smallest absolute Gasteiger partial charge is 0.318 e. The first-order valence-electron chi connectivity index (χ1n) is 7.41. The Morgan fingerprint density at radius 3 is 2.82 bits per heavy atom. The van der Waals surface area contributed by atoms with Gasteiger partial charge < -0.3 is 19.3 Å². The van der Waals surface area contributed by atoms with Gasteiger partial charge in [-0.1, -0.05) is 11.6 Å². The largest absolute Gasteiger partial charge is 0.467 e. The number of halogens is 1. The fraction of sp³-hybridized carbons (Fsp3) is 0.643. The van der Waals surface area contributed by atoms with Crippen LogP contribution >= 0.6 is 11.6 Å². The summed E-state index contributed by atoms with van der Waals surface area (Å²) >= 11 is 6.17. The zero-order valence-electron chi connectivity index (χ0n) is 12.5.